The standard InChI is InChI=1S/C19H17ClN4O7/c20-13-6-4-12(5-7-13)19(28)23-22-17(26)11-31-18(27)9-8-16(25)21-14-2-1-3-15(10-14)24(29)30/h1-7,10H,8-9,11H2,(H,21,25)(H,22,26)(H,23,28). The van der Waals surface area contributed by atoms with Crippen molar-refractivity contribution in [3.05, 3.63) is 69.2 Å². The first kappa shape index (κ1) is 23.3. The van der Waals surface area contributed by atoms with Gasteiger partial charge in [0, 0.05) is 34.8 Å². The zero-order valence-corrected chi connectivity index (χ0v) is 16.7. The number of benzene rings is 2. The molecule has 0 saturated carbocycles. The number of ether oxygens (including phenoxy) is 1. The summed E-state index contributed by atoms with van der Waals surface area (Å²) in [5, 5.41) is 13.6. The molecule has 0 aliphatic heterocycles. The molecule has 0 atom stereocenters. The summed E-state index contributed by atoms with van der Waals surface area (Å²) in [4.78, 5) is 57.1. The van der Waals surface area contributed by atoms with Crippen molar-refractivity contribution < 1.29 is 28.8 Å². The van der Waals surface area contributed by atoms with E-state index >= 15 is 0 Å². The highest BCUT2D eigenvalue weighted by Crippen LogP contribution is 2.17. The van der Waals surface area contributed by atoms with Crippen LogP contribution in [0.4, 0.5) is 11.4 Å². The minimum absolute atomic E-state index is 0.189. The molecule has 0 aliphatic carbocycles. The van der Waals surface area contributed by atoms with Crippen LogP contribution in [0.5, 0.6) is 0 Å². The lowest BCUT2D eigenvalue weighted by Crippen LogP contribution is -2.43. The number of halogens is 1. The lowest BCUT2D eigenvalue weighted by molar-refractivity contribution is -0.384. The van der Waals surface area contributed by atoms with Gasteiger partial charge in [0.1, 0.15) is 0 Å². The monoisotopic (exact) mass is 448 g/mol. The number of nitro benzene ring substituents is 1. The van der Waals surface area contributed by atoms with E-state index in [0.717, 1.165) is 0 Å². The molecule has 162 valence electrons. The van der Waals surface area contributed by atoms with Crippen molar-refractivity contribution in [1.29, 1.82) is 0 Å². The predicted octanol–water partition coefficient (Wildman–Crippen LogP) is 1.97. The van der Waals surface area contributed by atoms with Gasteiger partial charge in [-0.1, -0.05) is 17.7 Å². The van der Waals surface area contributed by atoms with Crippen LogP contribution in [0, 0.1) is 10.1 Å². The molecule has 0 saturated heterocycles. The highest BCUT2D eigenvalue weighted by molar-refractivity contribution is 6.30. The third-order valence-electron chi connectivity index (χ3n) is 3.68. The van der Waals surface area contributed by atoms with Gasteiger partial charge in [-0.25, -0.2) is 0 Å². The van der Waals surface area contributed by atoms with Crippen LogP contribution in [0.25, 0.3) is 0 Å². The molecule has 2 aromatic rings. The second kappa shape index (κ2) is 11.3. The van der Waals surface area contributed by atoms with Gasteiger partial charge in [0.25, 0.3) is 17.5 Å². The third-order valence-corrected chi connectivity index (χ3v) is 3.94. The van der Waals surface area contributed by atoms with Crippen LogP contribution in [0.15, 0.2) is 48.5 Å². The maximum absolute atomic E-state index is 11.8. The van der Waals surface area contributed by atoms with Gasteiger partial charge in [0.2, 0.25) is 5.91 Å². The molecule has 0 aromatic heterocycles. The molecule has 2 rings (SSSR count). The number of nitro groups is 1. The number of esters is 1. The molecule has 3 N–H and O–H groups in total. The summed E-state index contributed by atoms with van der Waals surface area (Å²) in [6, 6.07) is 11.3. The van der Waals surface area contributed by atoms with E-state index in [2.05, 4.69) is 16.2 Å². The number of non-ortho nitro benzene ring substituents is 1. The SMILES string of the molecule is O=C(COC(=O)CCC(=O)Nc1cccc([N+](=O)[O-])c1)NNC(=O)c1ccc(Cl)cc1. The Kier molecular flexibility index (Phi) is 8.46. The molecule has 11 nitrogen and oxygen atoms in total. The van der Waals surface area contributed by atoms with Crippen molar-refractivity contribution in [1.82, 2.24) is 10.9 Å². The van der Waals surface area contributed by atoms with Gasteiger partial charge in [0.05, 0.1) is 11.3 Å². The van der Waals surface area contributed by atoms with Gasteiger partial charge in [-0.2, -0.15) is 0 Å². The van der Waals surface area contributed by atoms with Crippen molar-refractivity contribution in [2.24, 2.45) is 0 Å². The zero-order chi connectivity index (χ0) is 22.8. The molecular formula is C19H17ClN4O7. The number of anilines is 1. The van der Waals surface area contributed by atoms with E-state index in [9.17, 15) is 29.3 Å². The molecule has 0 radical (unpaired) electrons. The van der Waals surface area contributed by atoms with E-state index in [1.165, 1.54) is 48.5 Å². The Balaban J connectivity index is 1.66. The second-order valence-corrected chi connectivity index (χ2v) is 6.46. The average molecular weight is 449 g/mol. The van der Waals surface area contributed by atoms with Gasteiger partial charge in [-0.3, -0.25) is 40.1 Å². The van der Waals surface area contributed by atoms with Gasteiger partial charge < -0.3 is 10.1 Å². The van der Waals surface area contributed by atoms with Crippen LogP contribution >= 0.6 is 11.6 Å². The molecule has 2 aromatic carbocycles. The number of rotatable bonds is 8. The Hall–Kier alpha value is -3.99. The Morgan fingerprint density at radius 3 is 2.35 bits per heavy atom. The second-order valence-electron chi connectivity index (χ2n) is 6.03. The highest BCUT2D eigenvalue weighted by atomic mass is 35.5. The van der Waals surface area contributed by atoms with E-state index in [0.29, 0.717) is 5.02 Å². The van der Waals surface area contributed by atoms with Gasteiger partial charge in [-0.15, -0.1) is 0 Å². The van der Waals surface area contributed by atoms with Crippen LogP contribution in [0.2, 0.25) is 5.02 Å². The lowest BCUT2D eigenvalue weighted by Gasteiger charge is -2.08. The average Bonchev–Trinajstić information content (AvgIpc) is 2.75. The summed E-state index contributed by atoms with van der Waals surface area (Å²) in [5.74, 6) is -2.74. The van der Waals surface area contributed by atoms with Crippen LogP contribution in [-0.4, -0.2) is 35.2 Å². The number of carbonyl (C=O) groups excluding carboxylic acids is 4. The number of hydrogen-bond donors (Lipinski definition) is 3. The van der Waals surface area contributed by atoms with Crippen LogP contribution < -0.4 is 16.2 Å². The number of hydrogen-bond acceptors (Lipinski definition) is 7. The fourth-order valence-electron chi connectivity index (χ4n) is 2.19. The van der Waals surface area contributed by atoms with Crippen LogP contribution in [0.1, 0.15) is 23.2 Å². The van der Waals surface area contributed by atoms with E-state index in [1.54, 1.807) is 0 Å². The summed E-state index contributed by atoms with van der Waals surface area (Å²) in [7, 11) is 0. The Morgan fingerprint density at radius 1 is 0.968 bits per heavy atom. The zero-order valence-electron chi connectivity index (χ0n) is 15.9. The summed E-state index contributed by atoms with van der Waals surface area (Å²) in [6.07, 6.45) is -0.568. The van der Waals surface area contributed by atoms with E-state index in [4.69, 9.17) is 16.3 Å². The van der Waals surface area contributed by atoms with Crippen LogP contribution in [-0.2, 0) is 19.1 Å². The molecule has 0 bridgehead atoms. The van der Waals surface area contributed by atoms with Gasteiger partial charge in [0.15, 0.2) is 6.61 Å². The molecule has 0 aliphatic rings. The van der Waals surface area contributed by atoms with Crippen molar-refractivity contribution in [2.45, 2.75) is 12.8 Å². The molecule has 0 spiro atoms. The third kappa shape index (κ3) is 8.11. The fourth-order valence-corrected chi connectivity index (χ4v) is 2.32. The van der Waals surface area contributed by atoms with Crippen molar-refractivity contribution >= 4 is 46.7 Å². The molecule has 0 unspecified atom stereocenters. The first-order valence-electron chi connectivity index (χ1n) is 8.79. The number of carbonyl (C=O) groups is 4. The maximum Gasteiger partial charge on any atom is 0.306 e. The van der Waals surface area contributed by atoms with Crippen molar-refractivity contribution in [2.75, 3.05) is 11.9 Å². The predicted molar refractivity (Wildman–Crippen MR) is 109 cm³/mol. The summed E-state index contributed by atoms with van der Waals surface area (Å²) >= 11 is 5.72. The summed E-state index contributed by atoms with van der Waals surface area (Å²) in [6.45, 7) is -0.660. The fraction of sp³-hybridized carbons (Fsp3) is 0.158. The smallest absolute Gasteiger partial charge is 0.306 e. The number of hydrazine groups is 1. The Labute approximate surface area is 180 Å². The first-order valence-corrected chi connectivity index (χ1v) is 9.17. The lowest BCUT2D eigenvalue weighted by atomic mass is 10.2. The minimum Gasteiger partial charge on any atom is -0.455 e. The normalized spacial score (nSPS) is 9.97. The Morgan fingerprint density at radius 2 is 1.68 bits per heavy atom. The molecule has 12 heteroatoms. The van der Waals surface area contributed by atoms with E-state index in [1.807, 2.05) is 0 Å². The summed E-state index contributed by atoms with van der Waals surface area (Å²) < 4.78 is 4.72. The number of nitrogens with zero attached hydrogens (tertiary/aromatic N) is 1. The topological polar surface area (TPSA) is 157 Å². The van der Waals surface area contributed by atoms with Gasteiger partial charge in [-0.05, 0) is 30.3 Å². The van der Waals surface area contributed by atoms with Crippen molar-refractivity contribution in [3.63, 3.8) is 0 Å². The van der Waals surface area contributed by atoms with E-state index in [-0.39, 0.29) is 29.8 Å². The maximum atomic E-state index is 11.8. The quantitative estimate of drug-likeness (QED) is 0.316. The van der Waals surface area contributed by atoms with E-state index < -0.39 is 35.2 Å². The highest BCUT2D eigenvalue weighted by Gasteiger charge is 2.13. The Bertz CT molecular complexity index is 995. The molecule has 31 heavy (non-hydrogen) atoms. The first-order chi connectivity index (χ1) is 14.7. The minimum atomic E-state index is -0.812. The number of amides is 3. The molecular weight excluding hydrogens is 432 g/mol. The molecule has 0 fully saturated rings. The van der Waals surface area contributed by atoms with Crippen LogP contribution in [0.3, 0.4) is 0 Å². The summed E-state index contributed by atoms with van der Waals surface area (Å²) in [5.41, 5.74) is 4.51. The largest absolute Gasteiger partial charge is 0.455 e. The number of nitrogens with one attached hydrogen (secondary N) is 3. The molecule has 0 heterocycles. The van der Waals surface area contributed by atoms with Gasteiger partial charge >= 0.3 is 5.97 Å². The van der Waals surface area contributed by atoms with Crippen molar-refractivity contribution in [3.8, 4) is 0 Å². The molecule has 3 amide bonds.